The molecule has 1 N–H and O–H groups in total. The van der Waals surface area contributed by atoms with Crippen LogP contribution in [0.2, 0.25) is 0 Å². The van der Waals surface area contributed by atoms with Gasteiger partial charge in [0.25, 0.3) is 0 Å². The number of hydrogen-bond acceptors (Lipinski definition) is 4. The Balaban J connectivity index is 1.49. The zero-order valence-electron chi connectivity index (χ0n) is 20.0. The van der Waals surface area contributed by atoms with Gasteiger partial charge in [-0.3, -0.25) is 4.90 Å². The predicted octanol–water partition coefficient (Wildman–Crippen LogP) is 5.07. The fourth-order valence-electron chi connectivity index (χ4n) is 4.41. The summed E-state index contributed by atoms with van der Waals surface area (Å²) in [6.45, 7) is 2.64. The van der Waals surface area contributed by atoms with E-state index in [0.717, 1.165) is 56.4 Å². The predicted molar refractivity (Wildman–Crippen MR) is 135 cm³/mol. The Morgan fingerprint density at radius 2 is 1.64 bits per heavy atom. The molecule has 1 heterocycles. The SMILES string of the molecule is CS(=O)(=O)c1ccc(CN(C(=O)Nc2ccc(F)cc2F)C2CCN(Cc3ccccc3)CC2)cc1. The first-order chi connectivity index (χ1) is 17.2. The molecule has 4 rings (SSSR count). The van der Waals surface area contributed by atoms with E-state index in [1.54, 1.807) is 17.0 Å². The molecule has 0 bridgehead atoms. The van der Waals surface area contributed by atoms with Crippen LogP contribution in [-0.2, 0) is 22.9 Å². The summed E-state index contributed by atoms with van der Waals surface area (Å²) in [6.07, 6.45) is 2.60. The van der Waals surface area contributed by atoms with Crippen LogP contribution in [0.25, 0.3) is 0 Å². The lowest BCUT2D eigenvalue weighted by atomic mass is 10.0. The number of nitrogens with one attached hydrogen (secondary N) is 1. The van der Waals surface area contributed by atoms with Gasteiger partial charge >= 0.3 is 6.03 Å². The second-order valence-electron chi connectivity index (χ2n) is 9.09. The number of anilines is 1. The Labute approximate surface area is 210 Å². The molecule has 36 heavy (non-hydrogen) atoms. The molecule has 190 valence electrons. The van der Waals surface area contributed by atoms with E-state index >= 15 is 0 Å². The van der Waals surface area contributed by atoms with E-state index in [4.69, 9.17) is 0 Å². The van der Waals surface area contributed by atoms with Crippen molar-refractivity contribution in [3.8, 4) is 0 Å². The minimum atomic E-state index is -3.34. The summed E-state index contributed by atoms with van der Waals surface area (Å²) in [5.41, 5.74) is 1.88. The largest absolute Gasteiger partial charge is 0.322 e. The molecule has 0 aromatic heterocycles. The van der Waals surface area contributed by atoms with E-state index in [1.807, 2.05) is 18.2 Å². The third-order valence-corrected chi connectivity index (χ3v) is 7.51. The highest BCUT2D eigenvalue weighted by atomic mass is 32.2. The number of urea groups is 1. The first-order valence-corrected chi connectivity index (χ1v) is 13.7. The van der Waals surface area contributed by atoms with Gasteiger partial charge in [0.1, 0.15) is 11.6 Å². The van der Waals surface area contributed by atoms with E-state index in [2.05, 4.69) is 22.3 Å². The molecule has 0 radical (unpaired) electrons. The van der Waals surface area contributed by atoms with Crippen LogP contribution in [0.4, 0.5) is 19.3 Å². The van der Waals surface area contributed by atoms with Gasteiger partial charge in [0.15, 0.2) is 9.84 Å². The van der Waals surface area contributed by atoms with Gasteiger partial charge in [-0.2, -0.15) is 0 Å². The second-order valence-corrected chi connectivity index (χ2v) is 11.1. The topological polar surface area (TPSA) is 69.7 Å². The lowest BCUT2D eigenvalue weighted by Crippen LogP contribution is -2.48. The van der Waals surface area contributed by atoms with Crippen LogP contribution in [0.15, 0.2) is 77.7 Å². The van der Waals surface area contributed by atoms with Gasteiger partial charge < -0.3 is 10.2 Å². The van der Waals surface area contributed by atoms with Crippen molar-refractivity contribution in [1.82, 2.24) is 9.80 Å². The molecular formula is C27H29F2N3O3S. The van der Waals surface area contributed by atoms with Gasteiger partial charge in [-0.25, -0.2) is 22.0 Å². The number of halogens is 2. The zero-order valence-corrected chi connectivity index (χ0v) is 20.8. The monoisotopic (exact) mass is 513 g/mol. The first-order valence-electron chi connectivity index (χ1n) is 11.8. The zero-order chi connectivity index (χ0) is 25.7. The Hall–Kier alpha value is -3.30. The fourth-order valence-corrected chi connectivity index (χ4v) is 5.04. The lowest BCUT2D eigenvalue weighted by Gasteiger charge is -2.38. The van der Waals surface area contributed by atoms with Gasteiger partial charge in [0.2, 0.25) is 0 Å². The molecule has 1 saturated heterocycles. The molecule has 0 saturated carbocycles. The van der Waals surface area contributed by atoms with Crippen LogP contribution >= 0.6 is 0 Å². The molecule has 0 aliphatic carbocycles. The van der Waals surface area contributed by atoms with Crippen molar-refractivity contribution in [2.45, 2.75) is 36.9 Å². The van der Waals surface area contributed by atoms with Crippen molar-refractivity contribution < 1.29 is 22.0 Å². The van der Waals surface area contributed by atoms with Crippen molar-refractivity contribution in [1.29, 1.82) is 0 Å². The Bertz CT molecular complexity index is 1290. The van der Waals surface area contributed by atoms with Crippen molar-refractivity contribution in [2.24, 2.45) is 0 Å². The molecule has 6 nitrogen and oxygen atoms in total. The molecule has 0 spiro atoms. The molecule has 2 amide bonds. The van der Waals surface area contributed by atoms with E-state index < -0.39 is 27.5 Å². The maximum absolute atomic E-state index is 14.2. The lowest BCUT2D eigenvalue weighted by molar-refractivity contribution is 0.120. The molecule has 1 aliphatic heterocycles. The number of carbonyl (C=O) groups is 1. The highest BCUT2D eigenvalue weighted by molar-refractivity contribution is 7.90. The molecule has 1 fully saturated rings. The number of rotatable bonds is 7. The molecule has 3 aromatic carbocycles. The Morgan fingerprint density at radius 3 is 2.25 bits per heavy atom. The normalized spacial score (nSPS) is 15.0. The number of piperidine rings is 1. The minimum Gasteiger partial charge on any atom is -0.317 e. The quantitative estimate of drug-likeness (QED) is 0.479. The van der Waals surface area contributed by atoms with Crippen molar-refractivity contribution in [3.63, 3.8) is 0 Å². The standard InChI is InChI=1S/C27H29F2N3O3S/c1-36(34,35)24-10-7-21(8-11-24)19-32(27(33)30-26-12-9-22(28)17-25(26)29)23-13-15-31(16-14-23)18-20-5-3-2-4-6-20/h2-12,17,23H,13-16,18-19H2,1H3,(H,30,33). The average molecular weight is 514 g/mol. The van der Waals surface area contributed by atoms with Crippen LogP contribution in [0, 0.1) is 11.6 Å². The smallest absolute Gasteiger partial charge is 0.317 e. The third-order valence-electron chi connectivity index (χ3n) is 6.38. The third kappa shape index (κ3) is 6.67. The number of amides is 2. The Kier molecular flexibility index (Phi) is 8.01. The van der Waals surface area contributed by atoms with Crippen molar-refractivity contribution in [3.05, 3.63) is 95.6 Å². The van der Waals surface area contributed by atoms with Gasteiger partial charge in [0.05, 0.1) is 10.6 Å². The molecule has 3 aromatic rings. The molecule has 0 unspecified atom stereocenters. The molecule has 9 heteroatoms. The van der Waals surface area contributed by atoms with E-state index in [0.29, 0.717) is 0 Å². The number of sulfone groups is 1. The first kappa shape index (κ1) is 25.8. The number of benzene rings is 3. The second kappa shape index (κ2) is 11.2. The summed E-state index contributed by atoms with van der Waals surface area (Å²) in [5, 5.41) is 2.58. The number of hydrogen-bond donors (Lipinski definition) is 1. The highest BCUT2D eigenvalue weighted by Gasteiger charge is 2.29. The van der Waals surface area contributed by atoms with Crippen molar-refractivity contribution >= 4 is 21.6 Å². The van der Waals surface area contributed by atoms with E-state index in [9.17, 15) is 22.0 Å². The molecule has 1 aliphatic rings. The molecular weight excluding hydrogens is 484 g/mol. The van der Waals surface area contributed by atoms with Crippen LogP contribution < -0.4 is 5.32 Å². The average Bonchev–Trinajstić information content (AvgIpc) is 2.85. The maximum Gasteiger partial charge on any atom is 0.322 e. The number of carbonyl (C=O) groups excluding carboxylic acids is 1. The van der Waals surface area contributed by atoms with Gasteiger partial charge in [0, 0.05) is 44.5 Å². The van der Waals surface area contributed by atoms with Crippen LogP contribution in [0.5, 0.6) is 0 Å². The van der Waals surface area contributed by atoms with Gasteiger partial charge in [-0.15, -0.1) is 0 Å². The van der Waals surface area contributed by atoms with Crippen LogP contribution in [-0.4, -0.2) is 49.6 Å². The summed E-state index contributed by atoms with van der Waals surface area (Å²) in [6, 6.07) is 19.0. The van der Waals surface area contributed by atoms with Crippen LogP contribution in [0.1, 0.15) is 24.0 Å². The van der Waals surface area contributed by atoms with E-state index in [-0.39, 0.29) is 23.2 Å². The fraction of sp³-hybridized carbons (Fsp3) is 0.296. The van der Waals surface area contributed by atoms with Crippen LogP contribution in [0.3, 0.4) is 0 Å². The summed E-state index contributed by atoms with van der Waals surface area (Å²) in [4.78, 5) is 17.5. The summed E-state index contributed by atoms with van der Waals surface area (Å²) < 4.78 is 51.1. The minimum absolute atomic E-state index is 0.0969. The van der Waals surface area contributed by atoms with Gasteiger partial charge in [-0.1, -0.05) is 42.5 Å². The van der Waals surface area contributed by atoms with Crippen molar-refractivity contribution in [2.75, 3.05) is 24.7 Å². The summed E-state index contributed by atoms with van der Waals surface area (Å²) in [5.74, 6) is -1.57. The number of nitrogens with zero attached hydrogens (tertiary/aromatic N) is 2. The van der Waals surface area contributed by atoms with Gasteiger partial charge in [-0.05, 0) is 48.2 Å². The highest BCUT2D eigenvalue weighted by Crippen LogP contribution is 2.23. The molecule has 0 atom stereocenters. The maximum atomic E-state index is 14.2. The summed E-state index contributed by atoms with van der Waals surface area (Å²) in [7, 11) is -3.34. The number of likely N-dealkylation sites (tertiary alicyclic amines) is 1. The van der Waals surface area contributed by atoms with E-state index in [1.165, 1.54) is 23.8 Å². The summed E-state index contributed by atoms with van der Waals surface area (Å²) >= 11 is 0. The Morgan fingerprint density at radius 1 is 0.972 bits per heavy atom.